The van der Waals surface area contributed by atoms with E-state index in [4.69, 9.17) is 5.11 Å². The van der Waals surface area contributed by atoms with Crippen molar-refractivity contribution in [3.8, 4) is 0 Å². The number of amides is 2. The van der Waals surface area contributed by atoms with Crippen molar-refractivity contribution in [1.29, 1.82) is 0 Å². The molecule has 18 heavy (non-hydrogen) atoms. The molecule has 7 heteroatoms. The predicted octanol–water partition coefficient (Wildman–Crippen LogP) is 0.614. The molecule has 0 aliphatic carbocycles. The molecule has 1 aromatic rings. The number of carboxylic acids is 1. The van der Waals surface area contributed by atoms with Gasteiger partial charge in [-0.15, -0.1) is 0 Å². The summed E-state index contributed by atoms with van der Waals surface area (Å²) in [5, 5.41) is 8.79. The lowest BCUT2D eigenvalue weighted by molar-refractivity contribution is -0.141. The average Bonchev–Trinajstić information content (AvgIpc) is 2.80. The molecule has 1 aromatic heterocycles. The van der Waals surface area contributed by atoms with E-state index in [9.17, 15) is 9.59 Å². The number of carbonyl (C=O) groups excluding carboxylic acids is 1. The maximum atomic E-state index is 11.9. The maximum Gasteiger partial charge on any atom is 0.319 e. The molecule has 1 heterocycles. The molecular weight excluding hydrogens is 236 g/mol. The van der Waals surface area contributed by atoms with Crippen molar-refractivity contribution in [2.24, 2.45) is 5.92 Å². The molecule has 2 N–H and O–H groups in total. The van der Waals surface area contributed by atoms with Crippen molar-refractivity contribution in [2.75, 3.05) is 20.6 Å². The van der Waals surface area contributed by atoms with E-state index >= 15 is 0 Å². The molecule has 0 saturated carbocycles. The summed E-state index contributed by atoms with van der Waals surface area (Å²) in [5.74, 6) is -0.815. The number of nitrogens with one attached hydrogen (secondary N) is 1. The van der Waals surface area contributed by atoms with Gasteiger partial charge in [-0.1, -0.05) is 6.92 Å². The molecule has 0 radical (unpaired) electrons. The van der Waals surface area contributed by atoms with Crippen LogP contribution in [-0.4, -0.2) is 57.5 Å². The van der Waals surface area contributed by atoms with E-state index in [1.54, 1.807) is 33.4 Å². The number of imidazole rings is 1. The van der Waals surface area contributed by atoms with Gasteiger partial charge in [-0.05, 0) is 0 Å². The first-order chi connectivity index (χ1) is 8.41. The van der Waals surface area contributed by atoms with Crippen LogP contribution in [0, 0.1) is 5.92 Å². The summed E-state index contributed by atoms with van der Waals surface area (Å²) in [5.41, 5.74) is 0. The van der Waals surface area contributed by atoms with Gasteiger partial charge in [0.05, 0.1) is 12.5 Å². The normalized spacial score (nSPS) is 11.9. The lowest BCUT2D eigenvalue weighted by atomic mass is 10.2. The van der Waals surface area contributed by atoms with Crippen LogP contribution >= 0.6 is 0 Å². The van der Waals surface area contributed by atoms with Crippen molar-refractivity contribution in [3.63, 3.8) is 0 Å². The van der Waals surface area contributed by atoms with Gasteiger partial charge in [0, 0.05) is 33.0 Å². The van der Waals surface area contributed by atoms with Gasteiger partial charge in [0.2, 0.25) is 0 Å². The van der Waals surface area contributed by atoms with Crippen molar-refractivity contribution in [1.82, 2.24) is 19.8 Å². The van der Waals surface area contributed by atoms with E-state index in [1.165, 1.54) is 9.80 Å². The van der Waals surface area contributed by atoms with Crippen molar-refractivity contribution < 1.29 is 14.7 Å². The van der Waals surface area contributed by atoms with E-state index in [1.807, 2.05) is 0 Å². The Morgan fingerprint density at radius 2 is 2.11 bits per heavy atom. The lowest BCUT2D eigenvalue weighted by Gasteiger charge is -2.25. The third-order valence-corrected chi connectivity index (χ3v) is 2.56. The number of aromatic nitrogens is 2. The van der Waals surface area contributed by atoms with E-state index in [0.29, 0.717) is 12.4 Å². The highest BCUT2D eigenvalue weighted by atomic mass is 16.4. The van der Waals surface area contributed by atoms with E-state index < -0.39 is 11.9 Å². The monoisotopic (exact) mass is 254 g/mol. The number of carbonyl (C=O) groups is 2. The highest BCUT2D eigenvalue weighted by Crippen LogP contribution is 2.04. The predicted molar refractivity (Wildman–Crippen MR) is 64.9 cm³/mol. The number of hydrogen-bond acceptors (Lipinski definition) is 3. The highest BCUT2D eigenvalue weighted by Gasteiger charge is 2.20. The number of carboxylic acid groups (broad SMARTS) is 1. The zero-order valence-corrected chi connectivity index (χ0v) is 10.8. The third-order valence-electron chi connectivity index (χ3n) is 2.56. The number of aliphatic carboxylic acids is 1. The molecule has 0 spiro atoms. The second-order valence-electron chi connectivity index (χ2n) is 4.29. The molecule has 1 unspecified atom stereocenters. The fraction of sp³-hybridized carbons (Fsp3) is 0.545. The molecule has 7 nitrogen and oxygen atoms in total. The summed E-state index contributed by atoms with van der Waals surface area (Å²) in [4.78, 5) is 32.5. The molecule has 1 atom stereocenters. The van der Waals surface area contributed by atoms with Crippen LogP contribution in [0.2, 0.25) is 0 Å². The Kier molecular flexibility index (Phi) is 4.70. The first kappa shape index (κ1) is 14.0. The molecular formula is C11H18N4O3. The van der Waals surface area contributed by atoms with Crippen LogP contribution in [0.25, 0.3) is 0 Å². The first-order valence-corrected chi connectivity index (χ1v) is 5.59. The van der Waals surface area contributed by atoms with E-state index in [0.717, 1.165) is 0 Å². The molecule has 0 aromatic carbocycles. The van der Waals surface area contributed by atoms with Crippen LogP contribution in [0.1, 0.15) is 12.7 Å². The smallest absolute Gasteiger partial charge is 0.319 e. The summed E-state index contributed by atoms with van der Waals surface area (Å²) in [6.07, 6.45) is 3.30. The van der Waals surface area contributed by atoms with Crippen LogP contribution in [0.5, 0.6) is 0 Å². The highest BCUT2D eigenvalue weighted by molar-refractivity contribution is 5.75. The molecule has 2 amide bonds. The molecule has 0 aliphatic heterocycles. The summed E-state index contributed by atoms with van der Waals surface area (Å²) in [7, 11) is 3.23. The largest absolute Gasteiger partial charge is 0.481 e. The topological polar surface area (TPSA) is 89.5 Å². The van der Waals surface area contributed by atoms with Gasteiger partial charge in [-0.3, -0.25) is 4.79 Å². The number of aromatic amines is 1. The van der Waals surface area contributed by atoms with E-state index in [-0.39, 0.29) is 12.6 Å². The number of nitrogens with zero attached hydrogens (tertiary/aromatic N) is 3. The van der Waals surface area contributed by atoms with Gasteiger partial charge in [-0.25, -0.2) is 9.78 Å². The molecule has 0 bridgehead atoms. The van der Waals surface area contributed by atoms with Crippen molar-refractivity contribution in [2.45, 2.75) is 13.5 Å². The van der Waals surface area contributed by atoms with Gasteiger partial charge in [0.15, 0.2) is 0 Å². The van der Waals surface area contributed by atoms with Crippen LogP contribution in [0.15, 0.2) is 12.4 Å². The standard InChI is InChI=1S/C11H18N4O3/c1-8(10(16)17)6-14(2)11(18)15(3)7-9-12-4-5-13-9/h4-5,8H,6-7H2,1-3H3,(H,12,13)(H,16,17). The number of urea groups is 1. The molecule has 0 fully saturated rings. The van der Waals surface area contributed by atoms with Crippen molar-refractivity contribution >= 4 is 12.0 Å². The summed E-state index contributed by atoms with van der Waals surface area (Å²) in [6, 6.07) is -0.237. The second kappa shape index (κ2) is 6.04. The van der Waals surface area contributed by atoms with Gasteiger partial charge < -0.3 is 19.9 Å². The zero-order valence-electron chi connectivity index (χ0n) is 10.8. The number of H-pyrrole nitrogens is 1. The Balaban J connectivity index is 2.50. The molecule has 0 aliphatic rings. The fourth-order valence-corrected chi connectivity index (χ4v) is 1.54. The molecule has 1 rings (SSSR count). The Hall–Kier alpha value is -2.05. The van der Waals surface area contributed by atoms with Gasteiger partial charge in [0.1, 0.15) is 5.82 Å². The summed E-state index contributed by atoms with van der Waals surface area (Å²) in [6.45, 7) is 2.10. The lowest BCUT2D eigenvalue weighted by Crippen LogP contribution is -2.41. The Morgan fingerprint density at radius 1 is 1.44 bits per heavy atom. The van der Waals surface area contributed by atoms with Crippen LogP contribution in [0.3, 0.4) is 0 Å². The Morgan fingerprint density at radius 3 is 2.61 bits per heavy atom. The van der Waals surface area contributed by atoms with Crippen LogP contribution in [0.4, 0.5) is 4.79 Å². The summed E-state index contributed by atoms with van der Waals surface area (Å²) < 4.78 is 0. The van der Waals surface area contributed by atoms with Gasteiger partial charge in [0.25, 0.3) is 0 Å². The Bertz CT molecular complexity index is 404. The number of rotatable bonds is 5. The van der Waals surface area contributed by atoms with Gasteiger partial charge >= 0.3 is 12.0 Å². The quantitative estimate of drug-likeness (QED) is 0.805. The van der Waals surface area contributed by atoms with Gasteiger partial charge in [-0.2, -0.15) is 0 Å². The number of hydrogen-bond donors (Lipinski definition) is 2. The SMILES string of the molecule is CC(CN(C)C(=O)N(C)Cc1ncc[nH]1)C(=O)O. The third kappa shape index (κ3) is 3.76. The Labute approximate surface area is 105 Å². The molecule has 100 valence electrons. The average molecular weight is 254 g/mol. The fourth-order valence-electron chi connectivity index (χ4n) is 1.54. The first-order valence-electron chi connectivity index (χ1n) is 5.59. The van der Waals surface area contributed by atoms with Crippen LogP contribution in [-0.2, 0) is 11.3 Å². The second-order valence-corrected chi connectivity index (χ2v) is 4.29. The minimum atomic E-state index is -0.914. The van der Waals surface area contributed by atoms with Crippen molar-refractivity contribution in [3.05, 3.63) is 18.2 Å². The van der Waals surface area contributed by atoms with Crippen LogP contribution < -0.4 is 0 Å². The maximum absolute atomic E-state index is 11.9. The summed E-state index contributed by atoms with van der Waals surface area (Å²) >= 11 is 0. The zero-order chi connectivity index (χ0) is 13.7. The van der Waals surface area contributed by atoms with E-state index in [2.05, 4.69) is 9.97 Å². The minimum Gasteiger partial charge on any atom is -0.481 e. The minimum absolute atomic E-state index is 0.177. The molecule has 0 saturated heterocycles.